The van der Waals surface area contributed by atoms with Crippen molar-refractivity contribution in [2.24, 2.45) is 0 Å². The van der Waals surface area contributed by atoms with Gasteiger partial charge in [0.05, 0.1) is 18.6 Å². The molecule has 3 atom stereocenters. The molecule has 5 heteroatoms. The van der Waals surface area contributed by atoms with Crippen molar-refractivity contribution in [3.8, 4) is 0 Å². The van der Waals surface area contributed by atoms with Crippen molar-refractivity contribution in [1.29, 1.82) is 0 Å². The first-order valence-corrected chi connectivity index (χ1v) is 8.91. The van der Waals surface area contributed by atoms with Crippen LogP contribution in [0.3, 0.4) is 0 Å². The van der Waals surface area contributed by atoms with Crippen LogP contribution in [0.5, 0.6) is 0 Å². The summed E-state index contributed by atoms with van der Waals surface area (Å²) in [6, 6.07) is 2.12. The number of carbonyl (C=O) groups is 1. The minimum absolute atomic E-state index is 0.0273. The Morgan fingerprint density at radius 2 is 2.14 bits per heavy atom. The third-order valence-corrected chi connectivity index (χ3v) is 5.45. The van der Waals surface area contributed by atoms with Crippen molar-refractivity contribution >= 4 is 17.2 Å². The quantitative estimate of drug-likeness (QED) is 0.891. The third kappa shape index (κ3) is 3.65. The molecule has 1 aromatic rings. The maximum atomic E-state index is 12.1. The molecule has 3 rings (SSSR count). The lowest BCUT2D eigenvalue weighted by molar-refractivity contribution is -0.123. The number of nitrogens with zero attached hydrogens (tertiary/aromatic N) is 1. The van der Waals surface area contributed by atoms with E-state index in [9.17, 15) is 9.90 Å². The van der Waals surface area contributed by atoms with Gasteiger partial charge in [0.15, 0.2) is 0 Å². The summed E-state index contributed by atoms with van der Waals surface area (Å²) in [5, 5.41) is 17.7. The predicted molar refractivity (Wildman–Crippen MR) is 84.4 cm³/mol. The molecule has 1 saturated heterocycles. The number of aliphatic hydroxyl groups is 1. The molecular weight excluding hydrogens is 284 g/mol. The Morgan fingerprint density at radius 3 is 2.86 bits per heavy atom. The highest BCUT2D eigenvalue weighted by Gasteiger charge is 2.36. The first kappa shape index (κ1) is 15.0. The van der Waals surface area contributed by atoms with Gasteiger partial charge in [-0.3, -0.25) is 9.69 Å². The van der Waals surface area contributed by atoms with Gasteiger partial charge in [0.2, 0.25) is 5.91 Å². The van der Waals surface area contributed by atoms with E-state index in [-0.39, 0.29) is 18.0 Å². The van der Waals surface area contributed by atoms with Crippen molar-refractivity contribution in [3.05, 3.63) is 22.4 Å². The third-order valence-electron chi connectivity index (χ3n) is 4.72. The number of carbonyl (C=O) groups excluding carboxylic acids is 1. The van der Waals surface area contributed by atoms with E-state index in [1.165, 1.54) is 12.8 Å². The maximum Gasteiger partial charge on any atom is 0.224 e. The summed E-state index contributed by atoms with van der Waals surface area (Å²) in [7, 11) is 0. The maximum absolute atomic E-state index is 12.1. The fourth-order valence-corrected chi connectivity index (χ4v) is 4.29. The predicted octanol–water partition coefficient (Wildman–Crippen LogP) is 1.78. The molecule has 1 saturated carbocycles. The van der Waals surface area contributed by atoms with Gasteiger partial charge in [-0.05, 0) is 67.6 Å². The van der Waals surface area contributed by atoms with E-state index in [4.69, 9.17) is 0 Å². The van der Waals surface area contributed by atoms with E-state index < -0.39 is 6.10 Å². The normalized spacial score (nSPS) is 30.4. The summed E-state index contributed by atoms with van der Waals surface area (Å²) in [5.74, 6) is 0.0273. The molecule has 0 bridgehead atoms. The van der Waals surface area contributed by atoms with Crippen LogP contribution in [-0.4, -0.2) is 47.2 Å². The number of thiophene rings is 1. The van der Waals surface area contributed by atoms with Gasteiger partial charge < -0.3 is 10.4 Å². The molecule has 1 aliphatic carbocycles. The molecule has 21 heavy (non-hydrogen) atoms. The summed E-state index contributed by atoms with van der Waals surface area (Å²) in [5.41, 5.74) is 1.05. The average Bonchev–Trinajstić information content (AvgIpc) is 3.14. The molecule has 0 aromatic carbocycles. The largest absolute Gasteiger partial charge is 0.389 e. The summed E-state index contributed by atoms with van der Waals surface area (Å²) in [6.07, 6.45) is 5.49. The Labute approximate surface area is 130 Å². The van der Waals surface area contributed by atoms with Crippen molar-refractivity contribution in [1.82, 2.24) is 10.2 Å². The molecule has 1 aliphatic heterocycles. The molecule has 2 fully saturated rings. The zero-order valence-electron chi connectivity index (χ0n) is 12.3. The van der Waals surface area contributed by atoms with Gasteiger partial charge in [-0.2, -0.15) is 11.3 Å². The van der Waals surface area contributed by atoms with Crippen LogP contribution in [0.1, 0.15) is 37.7 Å². The van der Waals surface area contributed by atoms with Crippen molar-refractivity contribution in [2.75, 3.05) is 13.1 Å². The molecule has 116 valence electrons. The Bertz CT molecular complexity index is 457. The number of aliphatic hydroxyl groups excluding tert-OH is 1. The number of hydrogen-bond acceptors (Lipinski definition) is 4. The Hall–Kier alpha value is -0.910. The Balaban J connectivity index is 1.55. The van der Waals surface area contributed by atoms with Crippen LogP contribution in [0.2, 0.25) is 0 Å². The van der Waals surface area contributed by atoms with Crippen molar-refractivity contribution in [2.45, 2.75) is 56.7 Å². The summed E-state index contributed by atoms with van der Waals surface area (Å²) in [6.45, 7) is 2.19. The second-order valence-electron chi connectivity index (χ2n) is 6.21. The van der Waals surface area contributed by atoms with Crippen LogP contribution < -0.4 is 5.32 Å². The molecule has 2 heterocycles. The molecule has 0 spiro atoms. The summed E-state index contributed by atoms with van der Waals surface area (Å²) < 4.78 is 0. The number of likely N-dealkylation sites (tertiary alicyclic amines) is 1. The second-order valence-corrected chi connectivity index (χ2v) is 6.99. The average molecular weight is 308 g/mol. The topological polar surface area (TPSA) is 52.6 Å². The van der Waals surface area contributed by atoms with Gasteiger partial charge in [-0.15, -0.1) is 0 Å². The smallest absolute Gasteiger partial charge is 0.224 e. The number of hydrogen-bond donors (Lipinski definition) is 2. The molecule has 4 nitrogen and oxygen atoms in total. The van der Waals surface area contributed by atoms with E-state index >= 15 is 0 Å². The lowest BCUT2D eigenvalue weighted by Crippen LogP contribution is -2.56. The first-order valence-electron chi connectivity index (χ1n) is 7.96. The number of rotatable bonds is 4. The first-order chi connectivity index (χ1) is 10.2. The van der Waals surface area contributed by atoms with E-state index in [0.717, 1.165) is 37.9 Å². The van der Waals surface area contributed by atoms with Crippen LogP contribution in [0, 0.1) is 0 Å². The van der Waals surface area contributed by atoms with Gasteiger partial charge in [-0.25, -0.2) is 0 Å². The monoisotopic (exact) mass is 308 g/mol. The van der Waals surface area contributed by atoms with Crippen LogP contribution in [0.25, 0.3) is 0 Å². The summed E-state index contributed by atoms with van der Waals surface area (Å²) in [4.78, 5) is 14.5. The van der Waals surface area contributed by atoms with Crippen LogP contribution >= 0.6 is 11.3 Å². The Kier molecular flexibility index (Phi) is 4.93. The van der Waals surface area contributed by atoms with Crippen molar-refractivity contribution < 1.29 is 9.90 Å². The highest BCUT2D eigenvalue weighted by atomic mass is 32.1. The minimum Gasteiger partial charge on any atom is -0.389 e. The Morgan fingerprint density at radius 1 is 1.33 bits per heavy atom. The molecular formula is C16H24N2O2S. The van der Waals surface area contributed by atoms with Crippen LogP contribution in [0.4, 0.5) is 0 Å². The standard InChI is InChI=1S/C16H24N2O2S/c19-15(10-12-6-9-21-11-12)17-13-4-3-5-14(16(13)20)18-7-1-2-8-18/h6,9,11,13-14,16,20H,1-5,7-8,10H2,(H,17,19)/t13-,14-,16-/m1/s1. The zero-order valence-corrected chi connectivity index (χ0v) is 13.1. The van der Waals surface area contributed by atoms with Crippen LogP contribution in [-0.2, 0) is 11.2 Å². The fraction of sp³-hybridized carbons (Fsp3) is 0.688. The van der Waals surface area contributed by atoms with Gasteiger partial charge in [0.25, 0.3) is 0 Å². The minimum atomic E-state index is -0.428. The molecule has 2 aliphatic rings. The SMILES string of the molecule is O=C(Cc1ccsc1)N[C@@H]1CCC[C@@H](N2CCCC2)[C@@H]1O. The van der Waals surface area contributed by atoms with E-state index in [1.807, 2.05) is 16.8 Å². The number of nitrogens with one attached hydrogen (secondary N) is 1. The molecule has 1 aromatic heterocycles. The van der Waals surface area contributed by atoms with E-state index in [0.29, 0.717) is 6.42 Å². The lowest BCUT2D eigenvalue weighted by atomic mass is 9.87. The van der Waals surface area contributed by atoms with E-state index in [2.05, 4.69) is 10.2 Å². The highest BCUT2D eigenvalue weighted by molar-refractivity contribution is 7.07. The summed E-state index contributed by atoms with van der Waals surface area (Å²) >= 11 is 1.61. The van der Waals surface area contributed by atoms with Crippen molar-refractivity contribution in [3.63, 3.8) is 0 Å². The van der Waals surface area contributed by atoms with E-state index in [1.54, 1.807) is 11.3 Å². The van der Waals surface area contributed by atoms with Gasteiger partial charge >= 0.3 is 0 Å². The van der Waals surface area contributed by atoms with Gasteiger partial charge in [0.1, 0.15) is 0 Å². The molecule has 0 unspecified atom stereocenters. The molecule has 1 amide bonds. The van der Waals surface area contributed by atoms with Gasteiger partial charge in [0, 0.05) is 6.04 Å². The lowest BCUT2D eigenvalue weighted by Gasteiger charge is -2.40. The highest BCUT2D eigenvalue weighted by Crippen LogP contribution is 2.26. The molecule has 0 radical (unpaired) electrons. The van der Waals surface area contributed by atoms with Crippen LogP contribution in [0.15, 0.2) is 16.8 Å². The number of amides is 1. The second kappa shape index (κ2) is 6.90. The van der Waals surface area contributed by atoms with Gasteiger partial charge in [-0.1, -0.05) is 0 Å². The fourth-order valence-electron chi connectivity index (χ4n) is 3.62. The zero-order chi connectivity index (χ0) is 14.7. The molecule has 2 N–H and O–H groups in total.